The molecule has 7 heteroatoms. The SMILES string of the molecule is COc1ccc(OC)c(-c2csc(Nc3ccc4c(c3)OCCO4)n2)c1. The molecule has 0 aliphatic carbocycles. The van der Waals surface area contributed by atoms with E-state index in [9.17, 15) is 0 Å². The molecule has 0 saturated carbocycles. The van der Waals surface area contributed by atoms with E-state index in [2.05, 4.69) is 10.3 Å². The molecule has 2 heterocycles. The molecule has 0 radical (unpaired) electrons. The van der Waals surface area contributed by atoms with Crippen LogP contribution in [0.25, 0.3) is 11.3 Å². The summed E-state index contributed by atoms with van der Waals surface area (Å²) < 4.78 is 21.9. The molecule has 6 nitrogen and oxygen atoms in total. The Balaban J connectivity index is 1.59. The molecule has 0 amide bonds. The van der Waals surface area contributed by atoms with Crippen LogP contribution in [0.4, 0.5) is 10.8 Å². The molecule has 1 aliphatic heterocycles. The number of fused-ring (bicyclic) bond motifs is 1. The lowest BCUT2D eigenvalue weighted by Gasteiger charge is -2.18. The molecular weight excluding hydrogens is 352 g/mol. The number of thiazole rings is 1. The predicted molar refractivity (Wildman–Crippen MR) is 101 cm³/mol. The van der Waals surface area contributed by atoms with Crippen molar-refractivity contribution in [1.82, 2.24) is 4.98 Å². The molecule has 0 spiro atoms. The molecule has 3 aromatic rings. The Morgan fingerprint density at radius 1 is 1.00 bits per heavy atom. The number of nitrogens with one attached hydrogen (secondary N) is 1. The van der Waals surface area contributed by atoms with Crippen LogP contribution in [-0.2, 0) is 0 Å². The number of methoxy groups -OCH3 is 2. The Morgan fingerprint density at radius 3 is 2.65 bits per heavy atom. The van der Waals surface area contributed by atoms with Crippen molar-refractivity contribution >= 4 is 22.2 Å². The summed E-state index contributed by atoms with van der Waals surface area (Å²) in [5, 5.41) is 6.07. The van der Waals surface area contributed by atoms with Crippen LogP contribution in [-0.4, -0.2) is 32.4 Å². The van der Waals surface area contributed by atoms with Gasteiger partial charge in [-0.25, -0.2) is 4.98 Å². The summed E-state index contributed by atoms with van der Waals surface area (Å²) in [5.41, 5.74) is 2.61. The molecular formula is C19H18N2O4S. The van der Waals surface area contributed by atoms with Crippen molar-refractivity contribution in [2.45, 2.75) is 0 Å². The van der Waals surface area contributed by atoms with Gasteiger partial charge in [0.1, 0.15) is 24.7 Å². The van der Waals surface area contributed by atoms with Crippen molar-refractivity contribution in [2.24, 2.45) is 0 Å². The van der Waals surface area contributed by atoms with E-state index in [1.165, 1.54) is 11.3 Å². The first-order chi connectivity index (χ1) is 12.8. The lowest BCUT2D eigenvalue weighted by molar-refractivity contribution is 0.171. The van der Waals surface area contributed by atoms with Crippen LogP contribution >= 0.6 is 11.3 Å². The van der Waals surface area contributed by atoms with E-state index in [-0.39, 0.29) is 0 Å². The number of anilines is 2. The van der Waals surface area contributed by atoms with Gasteiger partial charge >= 0.3 is 0 Å². The monoisotopic (exact) mass is 370 g/mol. The van der Waals surface area contributed by atoms with Crippen LogP contribution in [0.3, 0.4) is 0 Å². The van der Waals surface area contributed by atoms with Crippen molar-refractivity contribution in [2.75, 3.05) is 32.8 Å². The summed E-state index contributed by atoms with van der Waals surface area (Å²) in [6, 6.07) is 11.4. The average molecular weight is 370 g/mol. The fourth-order valence-electron chi connectivity index (χ4n) is 2.71. The quantitative estimate of drug-likeness (QED) is 0.721. The Kier molecular flexibility index (Phi) is 4.53. The molecule has 1 N–H and O–H groups in total. The van der Waals surface area contributed by atoms with Crippen LogP contribution in [0.1, 0.15) is 0 Å². The summed E-state index contributed by atoms with van der Waals surface area (Å²) in [5.74, 6) is 3.02. The Labute approximate surface area is 155 Å². The van der Waals surface area contributed by atoms with Gasteiger partial charge in [-0.2, -0.15) is 0 Å². The van der Waals surface area contributed by atoms with Crippen molar-refractivity contribution in [1.29, 1.82) is 0 Å². The largest absolute Gasteiger partial charge is 0.497 e. The summed E-state index contributed by atoms with van der Waals surface area (Å²) in [7, 11) is 3.29. The normalized spacial score (nSPS) is 12.5. The van der Waals surface area contributed by atoms with Gasteiger partial charge in [-0.3, -0.25) is 0 Å². The molecule has 4 rings (SSSR count). The van der Waals surface area contributed by atoms with Gasteiger partial charge in [-0.05, 0) is 30.3 Å². The van der Waals surface area contributed by atoms with Gasteiger partial charge in [0, 0.05) is 22.7 Å². The first kappa shape index (κ1) is 16.5. The van der Waals surface area contributed by atoms with E-state index in [0.29, 0.717) is 13.2 Å². The molecule has 0 fully saturated rings. The molecule has 1 aliphatic rings. The smallest absolute Gasteiger partial charge is 0.187 e. The average Bonchev–Trinajstić information content (AvgIpc) is 3.15. The minimum atomic E-state index is 0.563. The van der Waals surface area contributed by atoms with Gasteiger partial charge in [-0.1, -0.05) is 0 Å². The third kappa shape index (κ3) is 3.25. The zero-order valence-electron chi connectivity index (χ0n) is 14.4. The van der Waals surface area contributed by atoms with Crippen LogP contribution in [0, 0.1) is 0 Å². The van der Waals surface area contributed by atoms with E-state index in [4.69, 9.17) is 18.9 Å². The van der Waals surface area contributed by atoms with Crippen LogP contribution in [0.2, 0.25) is 0 Å². The molecule has 26 heavy (non-hydrogen) atoms. The standard InChI is InChI=1S/C19H18N2O4S/c1-22-13-4-6-16(23-2)14(10-13)15-11-26-19(21-15)20-12-3-5-17-18(9-12)25-8-7-24-17/h3-6,9-11H,7-8H2,1-2H3,(H,20,21). The Bertz CT molecular complexity index is 926. The fourth-order valence-corrected chi connectivity index (χ4v) is 3.44. The lowest BCUT2D eigenvalue weighted by atomic mass is 10.1. The second kappa shape index (κ2) is 7.13. The number of benzene rings is 2. The highest BCUT2D eigenvalue weighted by Gasteiger charge is 2.14. The highest BCUT2D eigenvalue weighted by atomic mass is 32.1. The first-order valence-corrected chi connectivity index (χ1v) is 8.99. The summed E-state index contributed by atoms with van der Waals surface area (Å²) >= 11 is 1.52. The van der Waals surface area contributed by atoms with E-state index >= 15 is 0 Å². The van der Waals surface area contributed by atoms with Crippen LogP contribution in [0.5, 0.6) is 23.0 Å². The maximum atomic E-state index is 5.62. The number of hydrogen-bond donors (Lipinski definition) is 1. The predicted octanol–water partition coefficient (Wildman–Crippen LogP) is 4.34. The third-order valence-corrected chi connectivity index (χ3v) is 4.74. The Hall–Kier alpha value is -2.93. The van der Waals surface area contributed by atoms with Crippen molar-refractivity contribution in [3.8, 4) is 34.3 Å². The third-order valence-electron chi connectivity index (χ3n) is 3.98. The molecule has 0 bridgehead atoms. The number of aromatic nitrogens is 1. The molecule has 0 atom stereocenters. The minimum Gasteiger partial charge on any atom is -0.497 e. The van der Waals surface area contributed by atoms with E-state index < -0.39 is 0 Å². The zero-order valence-corrected chi connectivity index (χ0v) is 15.3. The lowest BCUT2D eigenvalue weighted by Crippen LogP contribution is -2.15. The van der Waals surface area contributed by atoms with Crippen LogP contribution < -0.4 is 24.3 Å². The first-order valence-electron chi connectivity index (χ1n) is 8.11. The highest BCUT2D eigenvalue weighted by molar-refractivity contribution is 7.14. The summed E-state index contributed by atoms with van der Waals surface area (Å²) in [6.07, 6.45) is 0. The number of hydrogen-bond acceptors (Lipinski definition) is 7. The van der Waals surface area contributed by atoms with Gasteiger partial charge in [0.2, 0.25) is 0 Å². The molecule has 2 aromatic carbocycles. The second-order valence-corrected chi connectivity index (χ2v) is 6.45. The maximum absolute atomic E-state index is 5.62. The number of rotatable bonds is 5. The molecule has 0 unspecified atom stereocenters. The number of nitrogens with zero attached hydrogens (tertiary/aromatic N) is 1. The molecule has 134 valence electrons. The molecule has 1 aromatic heterocycles. The van der Waals surface area contributed by atoms with Gasteiger partial charge in [0.05, 0.1) is 19.9 Å². The van der Waals surface area contributed by atoms with Gasteiger partial charge in [0.15, 0.2) is 16.6 Å². The topological polar surface area (TPSA) is 61.8 Å². The van der Waals surface area contributed by atoms with Crippen molar-refractivity contribution in [3.63, 3.8) is 0 Å². The second-order valence-electron chi connectivity index (χ2n) is 5.59. The number of ether oxygens (including phenoxy) is 4. The van der Waals surface area contributed by atoms with E-state index in [1.54, 1.807) is 14.2 Å². The Morgan fingerprint density at radius 2 is 1.85 bits per heavy atom. The van der Waals surface area contributed by atoms with Crippen LogP contribution in [0.15, 0.2) is 41.8 Å². The van der Waals surface area contributed by atoms with Gasteiger partial charge in [-0.15, -0.1) is 11.3 Å². The van der Waals surface area contributed by atoms with Gasteiger partial charge < -0.3 is 24.3 Å². The zero-order chi connectivity index (χ0) is 17.9. The van der Waals surface area contributed by atoms with Gasteiger partial charge in [0.25, 0.3) is 0 Å². The minimum absolute atomic E-state index is 0.563. The summed E-state index contributed by atoms with van der Waals surface area (Å²) in [6.45, 7) is 1.14. The van der Waals surface area contributed by atoms with Crippen molar-refractivity contribution in [3.05, 3.63) is 41.8 Å². The fraction of sp³-hybridized carbons (Fsp3) is 0.211. The highest BCUT2D eigenvalue weighted by Crippen LogP contribution is 2.37. The van der Waals surface area contributed by atoms with E-state index in [1.807, 2.05) is 41.8 Å². The van der Waals surface area contributed by atoms with E-state index in [0.717, 1.165) is 45.1 Å². The molecule has 0 saturated heterocycles. The maximum Gasteiger partial charge on any atom is 0.187 e. The van der Waals surface area contributed by atoms with Crippen molar-refractivity contribution < 1.29 is 18.9 Å². The summed E-state index contributed by atoms with van der Waals surface area (Å²) in [4.78, 5) is 4.67.